The molecule has 0 aliphatic rings. The Morgan fingerprint density at radius 1 is 1.22 bits per heavy atom. The van der Waals surface area contributed by atoms with Gasteiger partial charge in [-0.1, -0.05) is 26.0 Å². The van der Waals surface area contributed by atoms with Gasteiger partial charge in [0.2, 0.25) is 0 Å². The highest BCUT2D eigenvalue weighted by atomic mass is 19.1. The third-order valence-corrected chi connectivity index (χ3v) is 2.96. The van der Waals surface area contributed by atoms with Crippen LogP contribution in [0.25, 0.3) is 0 Å². The number of rotatable bonds is 7. The van der Waals surface area contributed by atoms with E-state index >= 15 is 0 Å². The lowest BCUT2D eigenvalue weighted by Crippen LogP contribution is -2.44. The fourth-order valence-corrected chi connectivity index (χ4v) is 1.90. The predicted octanol–water partition coefficient (Wildman–Crippen LogP) is 1.69. The average molecular weight is 325 g/mol. The van der Waals surface area contributed by atoms with Gasteiger partial charge in [0.25, 0.3) is 5.91 Å². The molecule has 0 saturated heterocycles. The summed E-state index contributed by atoms with van der Waals surface area (Å²) < 4.78 is 22.8. The minimum Gasteiger partial charge on any atom is -0.467 e. The van der Waals surface area contributed by atoms with Crippen molar-refractivity contribution in [1.82, 2.24) is 5.32 Å². The van der Waals surface area contributed by atoms with Gasteiger partial charge in [0.15, 0.2) is 6.61 Å². The maximum absolute atomic E-state index is 13.4. The van der Waals surface area contributed by atoms with Crippen molar-refractivity contribution in [3.05, 3.63) is 35.6 Å². The standard InChI is InChI=1S/C16H20FNO5/c1-10(2)8-13(16(21)22-3)18-14(19)9-23-15(20)11-6-4-5-7-12(11)17/h4-7,10,13H,8-9H2,1-3H3,(H,18,19)/t13-/m0/s1. The first-order valence-corrected chi connectivity index (χ1v) is 7.14. The minimum atomic E-state index is -0.947. The van der Waals surface area contributed by atoms with Crippen molar-refractivity contribution < 1.29 is 28.2 Å². The fourth-order valence-electron chi connectivity index (χ4n) is 1.90. The molecule has 0 fully saturated rings. The van der Waals surface area contributed by atoms with Crippen LogP contribution >= 0.6 is 0 Å². The molecule has 1 atom stereocenters. The number of benzene rings is 1. The Morgan fingerprint density at radius 2 is 1.87 bits per heavy atom. The molecule has 7 heteroatoms. The number of carbonyl (C=O) groups excluding carboxylic acids is 3. The predicted molar refractivity (Wildman–Crippen MR) is 80.1 cm³/mol. The van der Waals surface area contributed by atoms with Gasteiger partial charge in [-0.15, -0.1) is 0 Å². The number of methoxy groups -OCH3 is 1. The Kier molecular flexibility index (Phi) is 7.18. The molecule has 1 rings (SSSR count). The molecular weight excluding hydrogens is 305 g/mol. The van der Waals surface area contributed by atoms with Crippen LogP contribution in [0.2, 0.25) is 0 Å². The second-order valence-corrected chi connectivity index (χ2v) is 5.33. The van der Waals surface area contributed by atoms with Crippen LogP contribution in [0.3, 0.4) is 0 Å². The second-order valence-electron chi connectivity index (χ2n) is 5.33. The van der Waals surface area contributed by atoms with Crippen LogP contribution < -0.4 is 5.32 Å². The lowest BCUT2D eigenvalue weighted by molar-refractivity contribution is -0.145. The summed E-state index contributed by atoms with van der Waals surface area (Å²) in [5.41, 5.74) is -0.257. The summed E-state index contributed by atoms with van der Waals surface area (Å²) in [5, 5.41) is 2.44. The van der Waals surface area contributed by atoms with Crippen molar-refractivity contribution in [2.45, 2.75) is 26.3 Å². The van der Waals surface area contributed by atoms with E-state index in [0.717, 1.165) is 6.07 Å². The summed E-state index contributed by atoms with van der Waals surface area (Å²) in [6.07, 6.45) is 0.389. The van der Waals surface area contributed by atoms with Gasteiger partial charge in [-0.25, -0.2) is 14.0 Å². The van der Waals surface area contributed by atoms with Gasteiger partial charge in [0.05, 0.1) is 12.7 Å². The Morgan fingerprint density at radius 3 is 2.43 bits per heavy atom. The zero-order chi connectivity index (χ0) is 17.4. The molecule has 0 heterocycles. The van der Waals surface area contributed by atoms with Crippen molar-refractivity contribution in [2.24, 2.45) is 5.92 Å². The SMILES string of the molecule is COC(=O)[C@H](CC(C)C)NC(=O)COC(=O)c1ccccc1F. The quantitative estimate of drug-likeness (QED) is 0.772. The lowest BCUT2D eigenvalue weighted by atomic mass is 10.0. The zero-order valence-electron chi connectivity index (χ0n) is 13.3. The van der Waals surface area contributed by atoms with Crippen molar-refractivity contribution in [3.63, 3.8) is 0 Å². The van der Waals surface area contributed by atoms with Gasteiger partial charge >= 0.3 is 11.9 Å². The van der Waals surface area contributed by atoms with Crippen molar-refractivity contribution in [1.29, 1.82) is 0 Å². The first-order chi connectivity index (χ1) is 10.8. The monoisotopic (exact) mass is 325 g/mol. The molecule has 0 radical (unpaired) electrons. The lowest BCUT2D eigenvalue weighted by Gasteiger charge is -2.18. The number of amides is 1. The molecule has 0 saturated carbocycles. The number of halogens is 1. The molecule has 1 amide bonds. The third-order valence-electron chi connectivity index (χ3n) is 2.96. The Bertz CT molecular complexity index is 573. The molecule has 23 heavy (non-hydrogen) atoms. The van der Waals surface area contributed by atoms with Crippen LogP contribution in [0.4, 0.5) is 4.39 Å². The van der Waals surface area contributed by atoms with E-state index < -0.39 is 36.3 Å². The highest BCUT2D eigenvalue weighted by molar-refractivity contribution is 5.92. The number of hydrogen-bond donors (Lipinski definition) is 1. The molecule has 0 aromatic heterocycles. The van der Waals surface area contributed by atoms with E-state index in [0.29, 0.717) is 6.42 Å². The van der Waals surface area contributed by atoms with E-state index in [1.165, 1.54) is 25.3 Å². The van der Waals surface area contributed by atoms with Gasteiger partial charge in [-0.3, -0.25) is 4.79 Å². The smallest absolute Gasteiger partial charge is 0.341 e. The van der Waals surface area contributed by atoms with E-state index in [-0.39, 0.29) is 11.5 Å². The fraction of sp³-hybridized carbons (Fsp3) is 0.438. The number of carbonyl (C=O) groups is 3. The maximum Gasteiger partial charge on any atom is 0.341 e. The van der Waals surface area contributed by atoms with Gasteiger partial charge in [0.1, 0.15) is 11.9 Å². The Labute approximate surface area is 134 Å². The van der Waals surface area contributed by atoms with Gasteiger partial charge in [-0.05, 0) is 24.5 Å². The molecule has 1 aromatic carbocycles. The van der Waals surface area contributed by atoms with E-state index in [9.17, 15) is 18.8 Å². The normalized spacial score (nSPS) is 11.7. The number of esters is 2. The number of ether oxygens (including phenoxy) is 2. The Balaban J connectivity index is 2.56. The zero-order valence-corrected chi connectivity index (χ0v) is 13.3. The van der Waals surface area contributed by atoms with Gasteiger partial charge in [-0.2, -0.15) is 0 Å². The van der Waals surface area contributed by atoms with Crippen LogP contribution in [0.5, 0.6) is 0 Å². The summed E-state index contributed by atoms with van der Waals surface area (Å²) >= 11 is 0. The summed E-state index contributed by atoms with van der Waals surface area (Å²) in [4.78, 5) is 35.1. The molecule has 126 valence electrons. The average Bonchev–Trinajstić information content (AvgIpc) is 2.51. The number of hydrogen-bond acceptors (Lipinski definition) is 5. The number of nitrogens with one attached hydrogen (secondary N) is 1. The molecule has 0 aliphatic carbocycles. The van der Waals surface area contributed by atoms with Crippen molar-refractivity contribution in [2.75, 3.05) is 13.7 Å². The summed E-state index contributed by atoms with van der Waals surface area (Å²) in [5.74, 6) is -2.76. The van der Waals surface area contributed by atoms with Crippen molar-refractivity contribution >= 4 is 17.8 Å². The molecular formula is C16H20FNO5. The van der Waals surface area contributed by atoms with Crippen LogP contribution in [0.1, 0.15) is 30.6 Å². The second kappa shape index (κ2) is 8.87. The summed E-state index contributed by atoms with van der Waals surface area (Å²) in [6, 6.07) is 4.47. The molecule has 0 spiro atoms. The topological polar surface area (TPSA) is 81.7 Å². The Hall–Kier alpha value is -2.44. The van der Waals surface area contributed by atoms with Crippen molar-refractivity contribution in [3.8, 4) is 0 Å². The maximum atomic E-state index is 13.4. The molecule has 6 nitrogen and oxygen atoms in total. The molecule has 1 aromatic rings. The highest BCUT2D eigenvalue weighted by Crippen LogP contribution is 2.08. The molecule has 0 unspecified atom stereocenters. The third kappa shape index (κ3) is 6.06. The first-order valence-electron chi connectivity index (χ1n) is 7.14. The largest absolute Gasteiger partial charge is 0.467 e. The minimum absolute atomic E-state index is 0.153. The highest BCUT2D eigenvalue weighted by Gasteiger charge is 2.23. The van der Waals surface area contributed by atoms with Gasteiger partial charge in [0, 0.05) is 0 Å². The molecule has 0 aliphatic heterocycles. The van der Waals surface area contributed by atoms with Gasteiger partial charge < -0.3 is 14.8 Å². The van der Waals surface area contributed by atoms with Crippen LogP contribution in [-0.2, 0) is 19.1 Å². The van der Waals surface area contributed by atoms with Crippen LogP contribution in [0.15, 0.2) is 24.3 Å². The summed E-state index contributed by atoms with van der Waals surface area (Å²) in [6.45, 7) is 3.17. The molecule has 1 N–H and O–H groups in total. The van der Waals surface area contributed by atoms with Crippen LogP contribution in [0, 0.1) is 11.7 Å². The van der Waals surface area contributed by atoms with E-state index in [1.54, 1.807) is 0 Å². The van der Waals surface area contributed by atoms with E-state index in [1.807, 2.05) is 13.8 Å². The van der Waals surface area contributed by atoms with E-state index in [4.69, 9.17) is 4.74 Å². The molecule has 0 bridgehead atoms. The van der Waals surface area contributed by atoms with E-state index in [2.05, 4.69) is 10.1 Å². The summed E-state index contributed by atoms with van der Waals surface area (Å²) in [7, 11) is 1.22. The van der Waals surface area contributed by atoms with Crippen LogP contribution in [-0.4, -0.2) is 37.6 Å². The first kappa shape index (κ1) is 18.6.